The van der Waals surface area contributed by atoms with Gasteiger partial charge in [0.15, 0.2) is 5.82 Å². The van der Waals surface area contributed by atoms with Gasteiger partial charge in [0.25, 0.3) is 5.91 Å². The van der Waals surface area contributed by atoms with Crippen molar-refractivity contribution in [3.05, 3.63) is 59.7 Å². The third-order valence-electron chi connectivity index (χ3n) is 8.79. The summed E-state index contributed by atoms with van der Waals surface area (Å²) in [7, 11) is 3.43. The molecule has 1 aliphatic carbocycles. The van der Waals surface area contributed by atoms with Crippen LogP contribution in [0.4, 0.5) is 8.78 Å². The van der Waals surface area contributed by atoms with Crippen molar-refractivity contribution < 1.29 is 23.1 Å². The molecule has 1 aromatic carbocycles. The number of imidazole rings is 1. The van der Waals surface area contributed by atoms with Crippen LogP contribution in [-0.4, -0.2) is 73.2 Å². The molecule has 1 aliphatic heterocycles. The van der Waals surface area contributed by atoms with Crippen LogP contribution in [0.2, 0.25) is 0 Å². The highest BCUT2D eigenvalue weighted by Gasteiger charge is 2.31. The minimum absolute atomic E-state index is 0.00314. The Balaban J connectivity index is 1.31. The molecule has 0 radical (unpaired) electrons. The third-order valence-corrected chi connectivity index (χ3v) is 8.79. The van der Waals surface area contributed by atoms with E-state index in [1.165, 1.54) is 24.3 Å². The van der Waals surface area contributed by atoms with Gasteiger partial charge in [-0.25, -0.2) is 18.7 Å². The number of methoxy groups -OCH3 is 1. The highest BCUT2D eigenvalue weighted by atomic mass is 19.1. The zero-order valence-electron chi connectivity index (χ0n) is 25.5. The highest BCUT2D eigenvalue weighted by molar-refractivity contribution is 6.00. The SMILES string of the molecule is COc1cc(C(=O)N2C[C@H](N)C[C@@H](F)C2)cc2nc(-c3cc4ccc(-c5cnc(CC(N)=O)c(F)c5)nc4n3CC3CC3)n(C)c12. The smallest absolute Gasteiger partial charge is 0.254 e. The second-order valence-corrected chi connectivity index (χ2v) is 12.3. The number of hydrogen-bond donors (Lipinski definition) is 2. The number of pyridine rings is 2. The van der Waals surface area contributed by atoms with Crippen LogP contribution in [-0.2, 0) is 24.8 Å². The fourth-order valence-electron chi connectivity index (χ4n) is 6.36. The predicted molar refractivity (Wildman–Crippen MR) is 168 cm³/mol. The van der Waals surface area contributed by atoms with E-state index >= 15 is 0 Å². The fourth-order valence-corrected chi connectivity index (χ4v) is 6.36. The highest BCUT2D eigenvalue weighted by Crippen LogP contribution is 2.38. The van der Waals surface area contributed by atoms with Gasteiger partial charge in [0.1, 0.15) is 28.9 Å². The van der Waals surface area contributed by atoms with Gasteiger partial charge >= 0.3 is 0 Å². The first-order valence-corrected chi connectivity index (χ1v) is 15.3. The van der Waals surface area contributed by atoms with Gasteiger partial charge in [-0.15, -0.1) is 0 Å². The van der Waals surface area contributed by atoms with Crippen LogP contribution in [0.5, 0.6) is 5.75 Å². The summed E-state index contributed by atoms with van der Waals surface area (Å²) in [4.78, 5) is 40.2. The first-order chi connectivity index (χ1) is 22.1. The van der Waals surface area contributed by atoms with E-state index in [9.17, 15) is 18.4 Å². The van der Waals surface area contributed by atoms with Crippen molar-refractivity contribution in [3.8, 4) is 28.5 Å². The van der Waals surface area contributed by atoms with Crippen LogP contribution in [0.25, 0.3) is 44.8 Å². The zero-order chi connectivity index (χ0) is 32.3. The number of aryl methyl sites for hydroxylation is 1. The summed E-state index contributed by atoms with van der Waals surface area (Å²) >= 11 is 0. The monoisotopic (exact) mass is 628 g/mol. The number of primary amides is 1. The fraction of sp³-hybridized carbons (Fsp3) is 0.364. The lowest BCUT2D eigenvalue weighted by Gasteiger charge is -2.33. The molecule has 2 fully saturated rings. The van der Waals surface area contributed by atoms with Crippen LogP contribution in [0.1, 0.15) is 35.3 Å². The molecule has 4 aromatic heterocycles. The number of alkyl halides is 1. The molecule has 2 aliphatic rings. The van der Waals surface area contributed by atoms with Gasteiger partial charge in [0.2, 0.25) is 5.91 Å². The average molecular weight is 629 g/mol. The summed E-state index contributed by atoms with van der Waals surface area (Å²) in [6.45, 7) is 1.00. The summed E-state index contributed by atoms with van der Waals surface area (Å²) in [6.07, 6.45) is 2.49. The average Bonchev–Trinajstić information content (AvgIpc) is 3.69. The first kappa shape index (κ1) is 29.8. The number of rotatable bonds is 8. The minimum atomic E-state index is -1.17. The minimum Gasteiger partial charge on any atom is -0.494 e. The molecule has 7 rings (SSSR count). The number of aromatic nitrogens is 5. The number of likely N-dealkylation sites (tertiary alicyclic amines) is 1. The molecule has 4 N–H and O–H groups in total. The van der Waals surface area contributed by atoms with Crippen LogP contribution in [0, 0.1) is 11.7 Å². The van der Waals surface area contributed by atoms with Crippen LogP contribution >= 0.6 is 0 Å². The maximum atomic E-state index is 14.8. The van der Waals surface area contributed by atoms with Crippen molar-refractivity contribution in [3.63, 3.8) is 0 Å². The van der Waals surface area contributed by atoms with Crippen molar-refractivity contribution in [2.75, 3.05) is 20.2 Å². The Morgan fingerprint density at radius 2 is 1.91 bits per heavy atom. The van der Waals surface area contributed by atoms with E-state index in [-0.39, 0.29) is 37.5 Å². The van der Waals surface area contributed by atoms with Crippen molar-refractivity contribution in [2.24, 2.45) is 24.4 Å². The van der Waals surface area contributed by atoms with Crippen molar-refractivity contribution in [1.82, 2.24) is 29.0 Å². The lowest BCUT2D eigenvalue weighted by atomic mass is 10.0. The van der Waals surface area contributed by atoms with Gasteiger partial charge in [0.05, 0.1) is 42.7 Å². The van der Waals surface area contributed by atoms with Crippen LogP contribution in [0.15, 0.2) is 42.6 Å². The molecule has 0 unspecified atom stereocenters. The molecule has 11 nitrogen and oxygen atoms in total. The van der Waals surface area contributed by atoms with Crippen molar-refractivity contribution in [2.45, 2.75) is 44.4 Å². The largest absolute Gasteiger partial charge is 0.494 e. The predicted octanol–water partition coefficient (Wildman–Crippen LogP) is 3.75. The normalized spacial score (nSPS) is 18.4. The number of hydrogen-bond acceptors (Lipinski definition) is 7. The van der Waals surface area contributed by atoms with E-state index in [1.54, 1.807) is 12.1 Å². The number of benzene rings is 1. The second kappa shape index (κ2) is 11.5. The van der Waals surface area contributed by atoms with Gasteiger partial charge in [-0.3, -0.25) is 14.6 Å². The lowest BCUT2D eigenvalue weighted by molar-refractivity contribution is -0.117. The van der Waals surface area contributed by atoms with Gasteiger partial charge in [0, 0.05) is 48.9 Å². The number of piperidine rings is 1. The summed E-state index contributed by atoms with van der Waals surface area (Å²) in [5, 5.41) is 0.885. The number of amides is 2. The van der Waals surface area contributed by atoms with Crippen molar-refractivity contribution in [1.29, 1.82) is 0 Å². The Morgan fingerprint density at radius 3 is 2.61 bits per heavy atom. The molecule has 2 atom stereocenters. The number of halogens is 2. The van der Waals surface area contributed by atoms with E-state index in [0.717, 1.165) is 36.1 Å². The van der Waals surface area contributed by atoms with E-state index < -0.39 is 23.9 Å². The molecule has 1 saturated heterocycles. The summed E-state index contributed by atoms with van der Waals surface area (Å²) < 4.78 is 38.8. The van der Waals surface area contributed by atoms with E-state index in [1.807, 2.05) is 29.8 Å². The van der Waals surface area contributed by atoms with Gasteiger partial charge < -0.3 is 30.2 Å². The van der Waals surface area contributed by atoms with Gasteiger partial charge in [-0.05, 0) is 61.6 Å². The standard InChI is InChI=1S/C33H34F2N8O3/c1-41-30-26(8-19(10-28(30)46-2)33(45)42-15-21(34)11-22(36)16-42)40-32(41)27-9-18-5-6-24(39-31(18)43(27)14-17-3-4-17)20-7-23(35)25(38-13-20)12-29(37)44/h5-10,13,17,21-22H,3-4,11-12,14-16,36H2,1-2H3,(H2,37,44)/t21-,22-/m1/s1. The quantitative estimate of drug-likeness (QED) is 0.266. The molecule has 46 heavy (non-hydrogen) atoms. The number of nitrogens with zero attached hydrogens (tertiary/aromatic N) is 6. The van der Waals surface area contributed by atoms with Gasteiger partial charge in [-0.1, -0.05) is 0 Å². The summed E-state index contributed by atoms with van der Waals surface area (Å²) in [5.74, 6) is 0.0267. The molecular formula is C33H34F2N8O3. The van der Waals surface area contributed by atoms with E-state index in [2.05, 4.69) is 9.55 Å². The summed E-state index contributed by atoms with van der Waals surface area (Å²) in [6, 6.07) is 10.0. The Hall–Kier alpha value is -4.91. The lowest BCUT2D eigenvalue weighted by Crippen LogP contribution is -2.50. The van der Waals surface area contributed by atoms with Crippen LogP contribution in [0.3, 0.4) is 0 Å². The first-order valence-electron chi connectivity index (χ1n) is 15.3. The number of fused-ring (bicyclic) bond motifs is 2. The van der Waals surface area contributed by atoms with Crippen LogP contribution < -0.4 is 16.2 Å². The number of carbonyl (C=O) groups is 2. The van der Waals surface area contributed by atoms with E-state index in [0.29, 0.717) is 45.3 Å². The molecule has 2 amide bonds. The number of ether oxygens (including phenoxy) is 1. The molecule has 13 heteroatoms. The Labute approximate surface area is 263 Å². The van der Waals surface area contributed by atoms with Crippen molar-refractivity contribution >= 4 is 33.9 Å². The Morgan fingerprint density at radius 1 is 1.11 bits per heavy atom. The molecule has 1 saturated carbocycles. The maximum Gasteiger partial charge on any atom is 0.254 e. The second-order valence-electron chi connectivity index (χ2n) is 12.3. The molecule has 0 bridgehead atoms. The molecule has 238 valence electrons. The zero-order valence-corrected chi connectivity index (χ0v) is 25.5. The third kappa shape index (κ3) is 5.44. The molecule has 5 aromatic rings. The number of carbonyl (C=O) groups excluding carboxylic acids is 2. The maximum absolute atomic E-state index is 14.8. The Kier molecular flexibility index (Phi) is 7.42. The molecule has 5 heterocycles. The number of nitrogens with two attached hydrogens (primary N) is 2. The topological polar surface area (TPSA) is 147 Å². The van der Waals surface area contributed by atoms with E-state index in [4.69, 9.17) is 26.2 Å². The molecule has 0 spiro atoms. The van der Waals surface area contributed by atoms with Gasteiger partial charge in [-0.2, -0.15) is 0 Å². The summed E-state index contributed by atoms with van der Waals surface area (Å²) in [5.41, 5.74) is 15.4. The Bertz CT molecular complexity index is 2010. The molecular weight excluding hydrogens is 594 g/mol.